The molecule has 2 aromatic heterocycles. The molecule has 0 aliphatic carbocycles. The summed E-state index contributed by atoms with van der Waals surface area (Å²) in [4.78, 5) is 31.7. The van der Waals surface area contributed by atoms with Crippen LogP contribution in [0.2, 0.25) is 0 Å². The van der Waals surface area contributed by atoms with Gasteiger partial charge in [-0.2, -0.15) is 4.52 Å². The zero-order valence-electron chi connectivity index (χ0n) is 14.5. The minimum absolute atomic E-state index is 0.108. The van der Waals surface area contributed by atoms with E-state index in [9.17, 15) is 9.59 Å². The van der Waals surface area contributed by atoms with Crippen molar-refractivity contribution in [1.82, 2.24) is 19.5 Å². The SMILES string of the molecule is COC(=O)CSc1nn2c(=O)c3c(nc2s1)CCN(C[C@@H]1CCCO1)C3. The van der Waals surface area contributed by atoms with E-state index < -0.39 is 0 Å². The molecule has 0 aromatic carbocycles. The third kappa shape index (κ3) is 3.64. The fraction of sp³-hybridized carbons (Fsp3) is 0.625. The lowest BCUT2D eigenvalue weighted by Gasteiger charge is -2.29. The number of hydrogen-bond acceptors (Lipinski definition) is 9. The van der Waals surface area contributed by atoms with E-state index in [2.05, 4.69) is 19.7 Å². The quantitative estimate of drug-likeness (QED) is 0.546. The lowest BCUT2D eigenvalue weighted by Crippen LogP contribution is -2.40. The second-order valence-corrected chi connectivity index (χ2v) is 8.57. The molecule has 2 aromatic rings. The Morgan fingerprint density at radius 1 is 1.50 bits per heavy atom. The van der Waals surface area contributed by atoms with Gasteiger partial charge >= 0.3 is 5.97 Å². The van der Waals surface area contributed by atoms with Crippen LogP contribution < -0.4 is 5.56 Å². The highest BCUT2D eigenvalue weighted by Crippen LogP contribution is 2.25. The standard InChI is InChI=1S/C16H20N4O4S2/c1-23-13(21)9-25-16-18-20-14(22)11-8-19(7-10-3-2-6-24-10)5-4-12(11)17-15(20)26-16/h10H,2-9H2,1H3/t10-/m0/s1. The maximum Gasteiger partial charge on any atom is 0.316 e. The van der Waals surface area contributed by atoms with E-state index in [1.807, 2.05) is 0 Å². The van der Waals surface area contributed by atoms with Crippen LogP contribution in [0.15, 0.2) is 9.13 Å². The van der Waals surface area contributed by atoms with Crippen LogP contribution in [0.25, 0.3) is 4.96 Å². The minimum Gasteiger partial charge on any atom is -0.468 e. The summed E-state index contributed by atoms with van der Waals surface area (Å²) in [5, 5.41) is 4.33. The molecular weight excluding hydrogens is 376 g/mol. The van der Waals surface area contributed by atoms with E-state index >= 15 is 0 Å². The van der Waals surface area contributed by atoms with Crippen LogP contribution >= 0.6 is 23.1 Å². The van der Waals surface area contributed by atoms with Gasteiger partial charge in [-0.1, -0.05) is 23.1 Å². The average Bonchev–Trinajstić information content (AvgIpc) is 3.30. The van der Waals surface area contributed by atoms with E-state index in [1.165, 1.54) is 34.7 Å². The normalized spacial score (nSPS) is 20.4. The molecule has 0 spiro atoms. The Labute approximate surface area is 158 Å². The third-order valence-electron chi connectivity index (χ3n) is 4.64. The second-order valence-electron chi connectivity index (χ2n) is 6.39. The summed E-state index contributed by atoms with van der Waals surface area (Å²) in [6.45, 7) is 3.17. The molecule has 0 N–H and O–H groups in total. The molecule has 8 nitrogen and oxygen atoms in total. The molecule has 1 saturated heterocycles. The lowest BCUT2D eigenvalue weighted by molar-refractivity contribution is -0.137. The molecule has 0 unspecified atom stereocenters. The molecule has 2 aliphatic rings. The maximum atomic E-state index is 12.9. The Hall–Kier alpha value is -1.49. The number of methoxy groups -OCH3 is 1. The van der Waals surface area contributed by atoms with Crippen molar-refractivity contribution in [2.75, 3.05) is 32.6 Å². The van der Waals surface area contributed by atoms with Gasteiger partial charge < -0.3 is 9.47 Å². The molecule has 0 radical (unpaired) electrons. The molecule has 0 amide bonds. The summed E-state index contributed by atoms with van der Waals surface area (Å²) in [6.07, 6.45) is 3.24. The van der Waals surface area contributed by atoms with Gasteiger partial charge in [0.25, 0.3) is 5.56 Å². The summed E-state index contributed by atoms with van der Waals surface area (Å²) < 4.78 is 12.3. The number of nitrogens with zero attached hydrogens (tertiary/aromatic N) is 4. The van der Waals surface area contributed by atoms with Crippen molar-refractivity contribution < 1.29 is 14.3 Å². The summed E-state index contributed by atoms with van der Waals surface area (Å²) >= 11 is 2.58. The number of thioether (sulfide) groups is 1. The van der Waals surface area contributed by atoms with Gasteiger partial charge in [-0.25, -0.2) is 4.98 Å². The van der Waals surface area contributed by atoms with Crippen LogP contribution in [0.5, 0.6) is 0 Å². The molecule has 4 rings (SSSR count). The first-order valence-electron chi connectivity index (χ1n) is 8.59. The Morgan fingerprint density at radius 3 is 3.15 bits per heavy atom. The molecule has 2 aliphatic heterocycles. The van der Waals surface area contributed by atoms with Crippen molar-refractivity contribution in [3.05, 3.63) is 21.6 Å². The maximum absolute atomic E-state index is 12.9. The van der Waals surface area contributed by atoms with Crippen LogP contribution in [0, 0.1) is 0 Å². The van der Waals surface area contributed by atoms with Gasteiger partial charge in [0.05, 0.1) is 30.2 Å². The zero-order chi connectivity index (χ0) is 18.1. The first kappa shape index (κ1) is 17.9. The third-order valence-corrected chi connectivity index (χ3v) is 6.66. The van der Waals surface area contributed by atoms with Gasteiger partial charge in [-0.15, -0.1) is 5.10 Å². The minimum atomic E-state index is -0.321. The molecule has 0 bridgehead atoms. The van der Waals surface area contributed by atoms with Gasteiger partial charge in [-0.05, 0) is 12.8 Å². The molecule has 4 heterocycles. The van der Waals surface area contributed by atoms with Crippen molar-refractivity contribution in [3.63, 3.8) is 0 Å². The topological polar surface area (TPSA) is 86.0 Å². The number of rotatable bonds is 5. The largest absolute Gasteiger partial charge is 0.468 e. The summed E-state index contributed by atoms with van der Waals surface area (Å²) in [5.74, 6) is -0.154. The Balaban J connectivity index is 1.55. The highest BCUT2D eigenvalue weighted by molar-refractivity contribution is 8.01. The molecule has 10 heteroatoms. The second kappa shape index (κ2) is 7.63. The summed E-state index contributed by atoms with van der Waals surface area (Å²) in [5.41, 5.74) is 1.48. The number of ether oxygens (including phenoxy) is 2. The van der Waals surface area contributed by atoms with Crippen molar-refractivity contribution in [2.24, 2.45) is 0 Å². The Morgan fingerprint density at radius 2 is 2.38 bits per heavy atom. The van der Waals surface area contributed by atoms with Gasteiger partial charge in [0.2, 0.25) is 4.96 Å². The fourth-order valence-electron chi connectivity index (χ4n) is 3.31. The zero-order valence-corrected chi connectivity index (χ0v) is 16.1. The molecule has 140 valence electrons. The van der Waals surface area contributed by atoms with Crippen LogP contribution in [0.3, 0.4) is 0 Å². The van der Waals surface area contributed by atoms with Crippen molar-refractivity contribution in [3.8, 4) is 0 Å². The van der Waals surface area contributed by atoms with Crippen molar-refractivity contribution in [1.29, 1.82) is 0 Å². The van der Waals surface area contributed by atoms with Crippen LogP contribution in [-0.4, -0.2) is 64.1 Å². The van der Waals surface area contributed by atoms with E-state index in [-0.39, 0.29) is 23.4 Å². The number of esters is 1. The first-order valence-corrected chi connectivity index (χ1v) is 10.4. The van der Waals surface area contributed by atoms with Crippen molar-refractivity contribution in [2.45, 2.75) is 36.3 Å². The van der Waals surface area contributed by atoms with Gasteiger partial charge in [-0.3, -0.25) is 14.5 Å². The number of hydrogen-bond donors (Lipinski definition) is 0. The first-order chi connectivity index (χ1) is 12.6. The van der Waals surface area contributed by atoms with Crippen LogP contribution in [0.1, 0.15) is 24.1 Å². The summed E-state index contributed by atoms with van der Waals surface area (Å²) in [7, 11) is 1.35. The lowest BCUT2D eigenvalue weighted by atomic mass is 10.1. The van der Waals surface area contributed by atoms with E-state index in [1.54, 1.807) is 0 Å². The van der Waals surface area contributed by atoms with Crippen LogP contribution in [0.4, 0.5) is 0 Å². The number of carbonyl (C=O) groups excluding carboxylic acids is 1. The Bertz CT molecular complexity index is 875. The smallest absolute Gasteiger partial charge is 0.316 e. The highest BCUT2D eigenvalue weighted by Gasteiger charge is 2.26. The molecular formula is C16H20N4O4S2. The highest BCUT2D eigenvalue weighted by atomic mass is 32.2. The molecule has 0 saturated carbocycles. The molecule has 26 heavy (non-hydrogen) atoms. The number of fused-ring (bicyclic) bond motifs is 2. The predicted octanol–water partition coefficient (Wildman–Crippen LogP) is 0.953. The van der Waals surface area contributed by atoms with E-state index in [0.29, 0.717) is 15.8 Å². The van der Waals surface area contributed by atoms with Gasteiger partial charge in [0.1, 0.15) is 0 Å². The monoisotopic (exact) mass is 396 g/mol. The summed E-state index contributed by atoms with van der Waals surface area (Å²) in [6, 6.07) is 0. The van der Waals surface area contributed by atoms with Gasteiger partial charge in [0.15, 0.2) is 4.34 Å². The number of aromatic nitrogens is 3. The number of carbonyl (C=O) groups is 1. The predicted molar refractivity (Wildman–Crippen MR) is 97.8 cm³/mol. The van der Waals surface area contributed by atoms with Gasteiger partial charge in [0, 0.05) is 32.7 Å². The van der Waals surface area contributed by atoms with E-state index in [4.69, 9.17) is 4.74 Å². The van der Waals surface area contributed by atoms with E-state index in [0.717, 1.165) is 50.2 Å². The molecule has 1 atom stereocenters. The van der Waals surface area contributed by atoms with Crippen LogP contribution in [-0.2, 0) is 27.2 Å². The molecule has 1 fully saturated rings. The van der Waals surface area contributed by atoms with Crippen molar-refractivity contribution >= 4 is 34.0 Å². The fourth-order valence-corrected chi connectivity index (χ4v) is 5.08. The Kier molecular flexibility index (Phi) is 5.25. The average molecular weight is 396 g/mol.